The Morgan fingerprint density at radius 1 is 1.28 bits per heavy atom. The van der Waals surface area contributed by atoms with Crippen LogP contribution in [0.3, 0.4) is 0 Å². The van der Waals surface area contributed by atoms with Crippen molar-refractivity contribution in [1.82, 2.24) is 0 Å². The van der Waals surface area contributed by atoms with E-state index in [1.165, 1.54) is 0 Å². The largest absolute Gasteiger partial charge is 0.489 e. The van der Waals surface area contributed by atoms with Crippen LogP contribution in [0.4, 0.5) is 11.4 Å². The molecule has 0 aliphatic heterocycles. The van der Waals surface area contributed by atoms with Crippen molar-refractivity contribution in [2.75, 3.05) is 11.1 Å². The van der Waals surface area contributed by atoms with Gasteiger partial charge < -0.3 is 15.8 Å². The highest BCUT2D eigenvalue weighted by molar-refractivity contribution is 5.73. The molecule has 3 heteroatoms. The fraction of sp³-hybridized carbons (Fsp3) is 0.600. The van der Waals surface area contributed by atoms with Crippen molar-refractivity contribution < 1.29 is 4.74 Å². The van der Waals surface area contributed by atoms with Crippen molar-refractivity contribution in [3.05, 3.63) is 18.2 Å². The monoisotopic (exact) mass is 250 g/mol. The molecule has 0 saturated carbocycles. The fourth-order valence-corrected chi connectivity index (χ4v) is 1.76. The Balaban J connectivity index is 2.96. The zero-order chi connectivity index (χ0) is 13.8. The lowest BCUT2D eigenvalue weighted by atomic mass is 9.95. The summed E-state index contributed by atoms with van der Waals surface area (Å²) in [5.74, 6) is 0.754. The van der Waals surface area contributed by atoms with Crippen molar-refractivity contribution in [2.45, 2.75) is 59.1 Å². The minimum Gasteiger partial charge on any atom is -0.489 e. The molecule has 0 unspecified atom stereocenters. The zero-order valence-electron chi connectivity index (χ0n) is 12.2. The molecule has 0 aromatic heterocycles. The van der Waals surface area contributed by atoms with Gasteiger partial charge in [-0.3, -0.25) is 0 Å². The minimum atomic E-state index is 0.0740. The number of nitrogens with two attached hydrogens (primary N) is 1. The minimum absolute atomic E-state index is 0.0740. The van der Waals surface area contributed by atoms with E-state index < -0.39 is 0 Å². The summed E-state index contributed by atoms with van der Waals surface area (Å²) in [6.45, 7) is 10.6. The maximum atomic E-state index is 6.16. The van der Waals surface area contributed by atoms with E-state index in [9.17, 15) is 0 Å². The summed E-state index contributed by atoms with van der Waals surface area (Å²) in [4.78, 5) is 0. The van der Waals surface area contributed by atoms with Crippen LogP contribution < -0.4 is 15.8 Å². The van der Waals surface area contributed by atoms with E-state index in [4.69, 9.17) is 10.5 Å². The molecule has 0 spiro atoms. The van der Waals surface area contributed by atoms with Crippen LogP contribution in [0.2, 0.25) is 0 Å². The molecule has 1 rings (SSSR count). The van der Waals surface area contributed by atoms with Gasteiger partial charge in [-0.05, 0) is 45.7 Å². The van der Waals surface area contributed by atoms with E-state index in [0.29, 0.717) is 5.69 Å². The smallest absolute Gasteiger partial charge is 0.144 e. The molecule has 0 amide bonds. The number of nitrogen functional groups attached to an aromatic ring is 1. The van der Waals surface area contributed by atoms with Gasteiger partial charge in [0.15, 0.2) is 0 Å². The second-order valence-electron chi connectivity index (χ2n) is 5.28. The third-order valence-corrected chi connectivity index (χ3v) is 3.43. The van der Waals surface area contributed by atoms with E-state index in [1.807, 2.05) is 32.0 Å². The molecule has 0 heterocycles. The number of benzene rings is 1. The summed E-state index contributed by atoms with van der Waals surface area (Å²) in [6.07, 6.45) is 2.24. The summed E-state index contributed by atoms with van der Waals surface area (Å²) < 4.78 is 5.70. The summed E-state index contributed by atoms with van der Waals surface area (Å²) in [7, 11) is 0. The molecule has 0 aliphatic carbocycles. The van der Waals surface area contributed by atoms with E-state index in [2.05, 4.69) is 26.1 Å². The highest BCUT2D eigenvalue weighted by atomic mass is 16.5. The standard InChI is InChI=1S/C15H26N2O/c1-6-15(5,7-2)17-12-9-8-10-13(14(12)16)18-11(3)4/h8-11,17H,6-7,16H2,1-5H3. The molecule has 0 aliphatic rings. The van der Waals surface area contributed by atoms with Gasteiger partial charge in [0.25, 0.3) is 0 Å². The van der Waals surface area contributed by atoms with Crippen LogP contribution in [0.25, 0.3) is 0 Å². The van der Waals surface area contributed by atoms with Crippen LogP contribution in [-0.2, 0) is 0 Å². The average Bonchev–Trinajstić information content (AvgIpc) is 2.33. The first-order valence-corrected chi connectivity index (χ1v) is 6.75. The summed E-state index contributed by atoms with van der Waals surface area (Å²) in [5, 5.41) is 3.53. The second kappa shape index (κ2) is 5.98. The molecule has 0 radical (unpaired) electrons. The average molecular weight is 250 g/mol. The van der Waals surface area contributed by atoms with Crippen LogP contribution in [-0.4, -0.2) is 11.6 Å². The summed E-state index contributed by atoms with van der Waals surface area (Å²) in [6, 6.07) is 5.89. The Labute approximate surface area is 111 Å². The zero-order valence-corrected chi connectivity index (χ0v) is 12.2. The SMILES string of the molecule is CCC(C)(CC)Nc1cccc(OC(C)C)c1N. The number of rotatable bonds is 6. The van der Waals surface area contributed by atoms with Crippen molar-refractivity contribution in [1.29, 1.82) is 0 Å². The Morgan fingerprint density at radius 3 is 2.39 bits per heavy atom. The molecular weight excluding hydrogens is 224 g/mol. The normalized spacial score (nSPS) is 11.7. The van der Waals surface area contributed by atoms with Crippen molar-refractivity contribution in [3.63, 3.8) is 0 Å². The van der Waals surface area contributed by atoms with Crippen LogP contribution >= 0.6 is 0 Å². The van der Waals surface area contributed by atoms with Gasteiger partial charge in [0.2, 0.25) is 0 Å². The van der Waals surface area contributed by atoms with Crippen LogP contribution in [0.15, 0.2) is 18.2 Å². The first-order valence-electron chi connectivity index (χ1n) is 6.75. The van der Waals surface area contributed by atoms with E-state index in [-0.39, 0.29) is 11.6 Å². The Kier molecular flexibility index (Phi) is 4.88. The number of anilines is 2. The van der Waals surface area contributed by atoms with Gasteiger partial charge >= 0.3 is 0 Å². The molecule has 0 bridgehead atoms. The maximum absolute atomic E-state index is 6.16. The first-order chi connectivity index (χ1) is 8.41. The molecule has 3 nitrogen and oxygen atoms in total. The highest BCUT2D eigenvalue weighted by Crippen LogP contribution is 2.33. The lowest BCUT2D eigenvalue weighted by Crippen LogP contribution is -2.33. The van der Waals surface area contributed by atoms with E-state index in [0.717, 1.165) is 24.3 Å². The Morgan fingerprint density at radius 2 is 1.89 bits per heavy atom. The highest BCUT2D eigenvalue weighted by Gasteiger charge is 2.20. The van der Waals surface area contributed by atoms with Gasteiger partial charge in [0.05, 0.1) is 17.5 Å². The van der Waals surface area contributed by atoms with Gasteiger partial charge in [0, 0.05) is 5.54 Å². The predicted molar refractivity (Wildman–Crippen MR) is 79.2 cm³/mol. The lowest BCUT2D eigenvalue weighted by Gasteiger charge is -2.30. The fourth-order valence-electron chi connectivity index (χ4n) is 1.76. The van der Waals surface area contributed by atoms with Crippen LogP contribution in [0.1, 0.15) is 47.5 Å². The second-order valence-corrected chi connectivity index (χ2v) is 5.28. The van der Waals surface area contributed by atoms with Gasteiger partial charge in [-0.15, -0.1) is 0 Å². The third kappa shape index (κ3) is 3.56. The first kappa shape index (κ1) is 14.7. The van der Waals surface area contributed by atoms with Crippen LogP contribution in [0, 0.1) is 0 Å². The number of para-hydroxylation sites is 1. The van der Waals surface area contributed by atoms with E-state index in [1.54, 1.807) is 0 Å². The Bertz CT molecular complexity index is 384. The van der Waals surface area contributed by atoms with Gasteiger partial charge in [-0.1, -0.05) is 19.9 Å². The molecule has 1 aromatic rings. The van der Waals surface area contributed by atoms with Gasteiger partial charge in [0.1, 0.15) is 5.75 Å². The van der Waals surface area contributed by atoms with Crippen LogP contribution in [0.5, 0.6) is 5.75 Å². The van der Waals surface area contributed by atoms with Crippen molar-refractivity contribution in [3.8, 4) is 5.75 Å². The van der Waals surface area contributed by atoms with Gasteiger partial charge in [-0.2, -0.15) is 0 Å². The molecule has 0 saturated heterocycles. The molecule has 0 fully saturated rings. The van der Waals surface area contributed by atoms with Gasteiger partial charge in [-0.25, -0.2) is 0 Å². The number of hydrogen-bond acceptors (Lipinski definition) is 3. The molecule has 1 aromatic carbocycles. The Hall–Kier alpha value is -1.38. The van der Waals surface area contributed by atoms with Crippen molar-refractivity contribution >= 4 is 11.4 Å². The molecule has 102 valence electrons. The molecular formula is C15H26N2O. The predicted octanol–water partition coefficient (Wildman–Crippen LogP) is 4.05. The van der Waals surface area contributed by atoms with Crippen molar-refractivity contribution in [2.24, 2.45) is 0 Å². The van der Waals surface area contributed by atoms with E-state index >= 15 is 0 Å². The summed E-state index contributed by atoms with van der Waals surface area (Å²) in [5.41, 5.74) is 7.89. The molecule has 0 atom stereocenters. The topological polar surface area (TPSA) is 47.3 Å². The third-order valence-electron chi connectivity index (χ3n) is 3.43. The number of nitrogens with one attached hydrogen (secondary N) is 1. The quantitative estimate of drug-likeness (QED) is 0.749. The number of ether oxygens (including phenoxy) is 1. The lowest BCUT2D eigenvalue weighted by molar-refractivity contribution is 0.244. The molecule has 3 N–H and O–H groups in total. The number of hydrogen-bond donors (Lipinski definition) is 2. The maximum Gasteiger partial charge on any atom is 0.144 e. The summed E-state index contributed by atoms with van der Waals surface area (Å²) >= 11 is 0. The molecule has 18 heavy (non-hydrogen) atoms.